The van der Waals surface area contributed by atoms with Gasteiger partial charge in [0.1, 0.15) is 0 Å². The topological polar surface area (TPSA) is 62.1 Å². The molecule has 1 saturated heterocycles. The van der Waals surface area contributed by atoms with Crippen LogP contribution in [0.25, 0.3) is 10.4 Å². The number of thiophene rings is 1. The Kier molecular flexibility index (Phi) is 5.78. The molecule has 116 valence electrons. The summed E-state index contributed by atoms with van der Waals surface area (Å²) in [7, 11) is 1.93. The first-order chi connectivity index (χ1) is 9.72. The summed E-state index contributed by atoms with van der Waals surface area (Å²) < 4.78 is 1.82. The van der Waals surface area contributed by atoms with Crippen molar-refractivity contribution in [3.05, 3.63) is 29.4 Å². The SMILES string of the molecule is Cl.Cn1cc(-c2ccc(CNCC3CNCC3O)s2)cn1. The number of aryl methyl sites for hydroxylation is 1. The highest BCUT2D eigenvalue weighted by Crippen LogP contribution is 2.27. The highest BCUT2D eigenvalue weighted by atomic mass is 35.5. The van der Waals surface area contributed by atoms with Crippen LogP contribution in [0.1, 0.15) is 4.88 Å². The number of aliphatic hydroxyl groups excluding tert-OH is 1. The third-order valence-electron chi connectivity index (χ3n) is 3.66. The Bertz CT molecular complexity index is 571. The second-order valence-electron chi connectivity index (χ2n) is 5.29. The number of halogens is 1. The van der Waals surface area contributed by atoms with Crippen LogP contribution >= 0.6 is 23.7 Å². The van der Waals surface area contributed by atoms with Gasteiger partial charge in [0.15, 0.2) is 0 Å². The second kappa shape index (κ2) is 7.38. The number of aliphatic hydroxyl groups is 1. The molecule has 2 aromatic rings. The zero-order valence-corrected chi connectivity index (χ0v) is 13.6. The Balaban J connectivity index is 0.00000161. The normalized spacial score (nSPS) is 21.4. The Labute approximate surface area is 134 Å². The van der Waals surface area contributed by atoms with Gasteiger partial charge in [0.25, 0.3) is 0 Å². The van der Waals surface area contributed by atoms with E-state index in [1.807, 2.05) is 24.1 Å². The zero-order valence-electron chi connectivity index (χ0n) is 12.0. The van der Waals surface area contributed by atoms with Gasteiger partial charge >= 0.3 is 0 Å². The average Bonchev–Trinajstić information content (AvgIpc) is 3.12. The molecule has 0 radical (unpaired) electrons. The summed E-state index contributed by atoms with van der Waals surface area (Å²) in [6.07, 6.45) is 3.71. The van der Waals surface area contributed by atoms with E-state index in [1.165, 1.54) is 15.3 Å². The molecular formula is C14H21ClN4OS. The monoisotopic (exact) mass is 328 g/mol. The Hall–Kier alpha value is -0.920. The van der Waals surface area contributed by atoms with Crippen molar-refractivity contribution in [2.24, 2.45) is 13.0 Å². The summed E-state index contributed by atoms with van der Waals surface area (Å²) in [4.78, 5) is 2.56. The Morgan fingerprint density at radius 1 is 1.48 bits per heavy atom. The van der Waals surface area contributed by atoms with E-state index < -0.39 is 0 Å². The highest BCUT2D eigenvalue weighted by molar-refractivity contribution is 7.15. The van der Waals surface area contributed by atoms with Gasteiger partial charge in [0.05, 0.1) is 12.3 Å². The molecule has 0 saturated carbocycles. The molecule has 0 amide bonds. The number of β-amino-alcohol motifs (C(OH)–C–C–N with tert-alkyl or cyclic N) is 1. The van der Waals surface area contributed by atoms with Gasteiger partial charge in [0.2, 0.25) is 0 Å². The average molecular weight is 329 g/mol. The molecule has 1 fully saturated rings. The molecule has 3 rings (SSSR count). The van der Waals surface area contributed by atoms with Gasteiger partial charge in [-0.15, -0.1) is 23.7 Å². The van der Waals surface area contributed by atoms with Gasteiger partial charge in [-0.05, 0) is 12.1 Å². The maximum atomic E-state index is 9.73. The molecular weight excluding hydrogens is 308 g/mol. The summed E-state index contributed by atoms with van der Waals surface area (Å²) in [5, 5.41) is 20.6. The van der Waals surface area contributed by atoms with Crippen molar-refractivity contribution in [3.8, 4) is 10.4 Å². The number of hydrogen-bond acceptors (Lipinski definition) is 5. The molecule has 7 heteroatoms. The lowest BCUT2D eigenvalue weighted by Gasteiger charge is -2.13. The van der Waals surface area contributed by atoms with Gasteiger partial charge in [0, 0.05) is 60.7 Å². The van der Waals surface area contributed by atoms with E-state index in [2.05, 4.69) is 27.9 Å². The van der Waals surface area contributed by atoms with E-state index >= 15 is 0 Å². The minimum atomic E-state index is -0.211. The molecule has 0 spiro atoms. The Morgan fingerprint density at radius 3 is 3.00 bits per heavy atom. The first-order valence-corrected chi connectivity index (χ1v) is 7.71. The largest absolute Gasteiger partial charge is 0.391 e. The van der Waals surface area contributed by atoms with Crippen molar-refractivity contribution in [2.45, 2.75) is 12.6 Å². The van der Waals surface area contributed by atoms with Crippen LogP contribution in [0, 0.1) is 5.92 Å². The third kappa shape index (κ3) is 4.05. The highest BCUT2D eigenvalue weighted by Gasteiger charge is 2.24. The molecule has 2 aromatic heterocycles. The molecule has 5 nitrogen and oxygen atoms in total. The molecule has 3 heterocycles. The lowest BCUT2D eigenvalue weighted by Crippen LogP contribution is -2.29. The first-order valence-electron chi connectivity index (χ1n) is 6.89. The van der Waals surface area contributed by atoms with Crippen LogP contribution in [0.2, 0.25) is 0 Å². The zero-order chi connectivity index (χ0) is 13.9. The van der Waals surface area contributed by atoms with Gasteiger partial charge in [-0.3, -0.25) is 4.68 Å². The molecule has 0 aliphatic carbocycles. The number of aromatic nitrogens is 2. The molecule has 3 N–H and O–H groups in total. The van der Waals surface area contributed by atoms with Gasteiger partial charge in [-0.2, -0.15) is 5.10 Å². The summed E-state index contributed by atoms with van der Waals surface area (Å²) in [6.45, 7) is 3.33. The van der Waals surface area contributed by atoms with Crippen LogP contribution in [0.4, 0.5) is 0 Å². The molecule has 1 aliphatic heterocycles. The van der Waals surface area contributed by atoms with Crippen LogP contribution in [0.5, 0.6) is 0 Å². The van der Waals surface area contributed by atoms with E-state index in [0.29, 0.717) is 5.92 Å². The first kappa shape index (κ1) is 16.5. The smallest absolute Gasteiger partial charge is 0.0716 e. The minimum absolute atomic E-state index is 0. The van der Waals surface area contributed by atoms with Crippen LogP contribution in [-0.4, -0.2) is 40.6 Å². The lowest BCUT2D eigenvalue weighted by molar-refractivity contribution is 0.146. The predicted octanol–water partition coefficient (Wildman–Crippen LogP) is 1.24. The summed E-state index contributed by atoms with van der Waals surface area (Å²) in [5.41, 5.74) is 1.17. The summed E-state index contributed by atoms with van der Waals surface area (Å²) in [6, 6.07) is 4.30. The molecule has 21 heavy (non-hydrogen) atoms. The van der Waals surface area contributed by atoms with Crippen LogP contribution in [0.3, 0.4) is 0 Å². The number of nitrogens with one attached hydrogen (secondary N) is 2. The maximum absolute atomic E-state index is 9.73. The molecule has 1 aliphatic rings. The molecule has 2 unspecified atom stereocenters. The fourth-order valence-corrected chi connectivity index (χ4v) is 3.44. The standard InChI is InChI=1S/C14H20N4OS.ClH/c1-18-9-11(6-17-18)14-3-2-12(20-14)7-15-4-10-5-16-8-13(10)19;/h2-3,6,9-10,13,15-16,19H,4-5,7-8H2,1H3;1H. The summed E-state index contributed by atoms with van der Waals surface area (Å²) >= 11 is 1.79. The summed E-state index contributed by atoms with van der Waals surface area (Å²) in [5.74, 6) is 0.327. The van der Waals surface area contributed by atoms with Gasteiger partial charge < -0.3 is 15.7 Å². The number of rotatable bonds is 5. The van der Waals surface area contributed by atoms with Crippen molar-refractivity contribution < 1.29 is 5.11 Å². The van der Waals surface area contributed by atoms with E-state index in [9.17, 15) is 5.11 Å². The maximum Gasteiger partial charge on any atom is 0.0716 e. The van der Waals surface area contributed by atoms with Gasteiger partial charge in [-0.25, -0.2) is 0 Å². The predicted molar refractivity (Wildman–Crippen MR) is 87.8 cm³/mol. The van der Waals surface area contributed by atoms with Gasteiger partial charge in [-0.1, -0.05) is 0 Å². The third-order valence-corrected chi connectivity index (χ3v) is 4.80. The van der Waals surface area contributed by atoms with E-state index in [4.69, 9.17) is 0 Å². The van der Waals surface area contributed by atoms with Crippen LogP contribution in [-0.2, 0) is 13.6 Å². The second-order valence-corrected chi connectivity index (χ2v) is 6.45. The minimum Gasteiger partial charge on any atom is -0.391 e. The van der Waals surface area contributed by atoms with E-state index in [1.54, 1.807) is 11.3 Å². The van der Waals surface area contributed by atoms with Crippen LogP contribution in [0.15, 0.2) is 24.5 Å². The Morgan fingerprint density at radius 2 is 2.33 bits per heavy atom. The fraction of sp³-hybridized carbons (Fsp3) is 0.500. The van der Waals surface area contributed by atoms with Crippen molar-refractivity contribution in [1.29, 1.82) is 0 Å². The molecule has 2 atom stereocenters. The van der Waals surface area contributed by atoms with Crippen molar-refractivity contribution in [2.75, 3.05) is 19.6 Å². The number of hydrogen-bond donors (Lipinski definition) is 3. The fourth-order valence-electron chi connectivity index (χ4n) is 2.48. The van der Waals surface area contributed by atoms with Crippen LogP contribution < -0.4 is 10.6 Å². The number of nitrogens with zero attached hydrogens (tertiary/aromatic N) is 2. The van der Waals surface area contributed by atoms with E-state index in [0.717, 1.165) is 26.2 Å². The van der Waals surface area contributed by atoms with E-state index in [-0.39, 0.29) is 18.5 Å². The van der Waals surface area contributed by atoms with Crippen molar-refractivity contribution in [3.63, 3.8) is 0 Å². The van der Waals surface area contributed by atoms with Crippen molar-refractivity contribution >= 4 is 23.7 Å². The quantitative estimate of drug-likeness (QED) is 0.773. The molecule has 0 bridgehead atoms. The van der Waals surface area contributed by atoms with Crippen molar-refractivity contribution in [1.82, 2.24) is 20.4 Å². The lowest BCUT2D eigenvalue weighted by atomic mass is 10.1. The molecule has 0 aromatic carbocycles.